The van der Waals surface area contributed by atoms with E-state index in [0.717, 1.165) is 60.9 Å². The van der Waals surface area contributed by atoms with Crippen LogP contribution in [0.1, 0.15) is 25.0 Å². The minimum Gasteiger partial charge on any atom is -0.456 e. The van der Waals surface area contributed by atoms with Crippen LogP contribution in [-0.2, 0) is 5.41 Å². The summed E-state index contributed by atoms with van der Waals surface area (Å²) >= 11 is 0. The molecule has 0 spiro atoms. The summed E-state index contributed by atoms with van der Waals surface area (Å²) in [5, 5.41) is 7.02. The first kappa shape index (κ1) is 29.2. The number of furan rings is 2. The molecule has 0 fully saturated rings. The van der Waals surface area contributed by atoms with E-state index in [0.29, 0.717) is 0 Å². The van der Waals surface area contributed by atoms with E-state index in [9.17, 15) is 0 Å². The van der Waals surface area contributed by atoms with Gasteiger partial charge in [-0.25, -0.2) is 0 Å². The van der Waals surface area contributed by atoms with Crippen molar-refractivity contribution in [3.63, 3.8) is 0 Å². The van der Waals surface area contributed by atoms with Gasteiger partial charge in [0, 0.05) is 38.3 Å². The van der Waals surface area contributed by atoms with Crippen LogP contribution < -0.4 is 4.90 Å². The van der Waals surface area contributed by atoms with Crippen LogP contribution in [0.2, 0.25) is 0 Å². The second-order valence-electron chi connectivity index (χ2n) is 14.5. The molecule has 10 aromatic rings. The third kappa shape index (κ3) is 4.20. The number of hydrogen-bond donors (Lipinski definition) is 0. The zero-order chi connectivity index (χ0) is 34.6. The number of nitrogens with zero attached hydrogens (tertiary/aromatic N) is 1. The molecule has 246 valence electrons. The number of hydrogen-bond acceptors (Lipinski definition) is 3. The molecule has 0 aliphatic heterocycles. The highest BCUT2D eigenvalue weighted by Crippen LogP contribution is 2.53. The molecule has 1 aliphatic carbocycles. The van der Waals surface area contributed by atoms with Crippen molar-refractivity contribution < 1.29 is 8.83 Å². The highest BCUT2D eigenvalue weighted by Gasteiger charge is 2.37. The molecule has 0 amide bonds. The Kier molecular flexibility index (Phi) is 6.01. The molecule has 0 N–H and O–H groups in total. The molecule has 3 nitrogen and oxygen atoms in total. The monoisotopic (exact) mass is 667 g/mol. The van der Waals surface area contributed by atoms with Gasteiger partial charge in [0.1, 0.15) is 16.7 Å². The highest BCUT2D eigenvalue weighted by atomic mass is 16.3. The highest BCUT2D eigenvalue weighted by molar-refractivity contribution is 6.11. The van der Waals surface area contributed by atoms with Crippen molar-refractivity contribution in [3.8, 4) is 22.3 Å². The van der Waals surface area contributed by atoms with Crippen LogP contribution in [0.25, 0.3) is 76.9 Å². The Morgan fingerprint density at radius 3 is 1.90 bits per heavy atom. The van der Waals surface area contributed by atoms with Crippen molar-refractivity contribution in [3.05, 3.63) is 175 Å². The normalized spacial score (nSPS) is 13.3. The van der Waals surface area contributed by atoms with Gasteiger partial charge >= 0.3 is 0 Å². The van der Waals surface area contributed by atoms with Gasteiger partial charge < -0.3 is 13.7 Å². The van der Waals surface area contributed by atoms with Gasteiger partial charge in [-0.05, 0) is 105 Å². The van der Waals surface area contributed by atoms with Crippen molar-refractivity contribution in [1.29, 1.82) is 0 Å². The van der Waals surface area contributed by atoms with Crippen molar-refractivity contribution in [1.82, 2.24) is 0 Å². The summed E-state index contributed by atoms with van der Waals surface area (Å²) in [6.07, 6.45) is 0. The van der Waals surface area contributed by atoms with Gasteiger partial charge in [0.15, 0.2) is 5.58 Å². The lowest BCUT2D eigenvalue weighted by molar-refractivity contribution is 0.647. The van der Waals surface area contributed by atoms with Gasteiger partial charge in [-0.1, -0.05) is 117 Å². The van der Waals surface area contributed by atoms with Gasteiger partial charge in [-0.2, -0.15) is 0 Å². The van der Waals surface area contributed by atoms with Gasteiger partial charge in [0.05, 0.1) is 5.69 Å². The third-order valence-electron chi connectivity index (χ3n) is 11.2. The number of rotatable bonds is 4. The maximum atomic E-state index is 6.64. The third-order valence-corrected chi connectivity index (χ3v) is 11.2. The number of para-hydroxylation sites is 3. The van der Waals surface area contributed by atoms with Crippen LogP contribution in [0.3, 0.4) is 0 Å². The quantitative estimate of drug-likeness (QED) is 0.187. The lowest BCUT2D eigenvalue weighted by atomic mass is 9.82. The van der Waals surface area contributed by atoms with Gasteiger partial charge in [0.25, 0.3) is 0 Å². The largest absolute Gasteiger partial charge is 0.456 e. The molecule has 52 heavy (non-hydrogen) atoms. The smallest absolute Gasteiger partial charge is 0.159 e. The molecule has 0 bridgehead atoms. The molecule has 0 saturated heterocycles. The molecule has 2 heterocycles. The predicted octanol–water partition coefficient (Wildman–Crippen LogP) is 14.1. The second-order valence-corrected chi connectivity index (χ2v) is 14.5. The van der Waals surface area contributed by atoms with Crippen LogP contribution in [0, 0.1) is 0 Å². The topological polar surface area (TPSA) is 29.5 Å². The van der Waals surface area contributed by atoms with Gasteiger partial charge in [-0.15, -0.1) is 0 Å². The van der Waals surface area contributed by atoms with E-state index in [-0.39, 0.29) is 5.41 Å². The first-order valence-corrected chi connectivity index (χ1v) is 17.9. The number of fused-ring (bicyclic) bond motifs is 10. The lowest BCUT2D eigenvalue weighted by Gasteiger charge is -2.28. The Balaban J connectivity index is 1.09. The van der Waals surface area contributed by atoms with Crippen LogP contribution in [0.5, 0.6) is 0 Å². The van der Waals surface area contributed by atoms with Gasteiger partial charge in [-0.3, -0.25) is 0 Å². The second kappa shape index (κ2) is 10.7. The van der Waals surface area contributed by atoms with Crippen molar-refractivity contribution >= 4 is 71.7 Å². The van der Waals surface area contributed by atoms with Crippen molar-refractivity contribution in [2.24, 2.45) is 0 Å². The van der Waals surface area contributed by atoms with Crippen LogP contribution in [0.4, 0.5) is 17.1 Å². The van der Waals surface area contributed by atoms with E-state index in [1.165, 1.54) is 44.2 Å². The SMILES string of the molecule is CC1(C)c2cc(N(c3ccc(-c4ccc5ccccc5c4)cc3)c3cccc4c3oc3ccccc34)ccc2-c2cc3c(cc21)oc1ccccc13. The summed E-state index contributed by atoms with van der Waals surface area (Å²) in [5.41, 5.74) is 14.1. The van der Waals surface area contributed by atoms with Crippen LogP contribution in [-0.4, -0.2) is 0 Å². The zero-order valence-corrected chi connectivity index (χ0v) is 28.9. The molecular weight excluding hydrogens is 635 g/mol. The zero-order valence-electron chi connectivity index (χ0n) is 28.9. The molecule has 8 aromatic carbocycles. The van der Waals surface area contributed by atoms with Crippen molar-refractivity contribution in [2.45, 2.75) is 19.3 Å². The van der Waals surface area contributed by atoms with E-state index in [1.807, 2.05) is 12.1 Å². The fourth-order valence-corrected chi connectivity index (χ4v) is 8.59. The minimum absolute atomic E-state index is 0.231. The van der Waals surface area contributed by atoms with E-state index in [4.69, 9.17) is 8.83 Å². The van der Waals surface area contributed by atoms with E-state index >= 15 is 0 Å². The average Bonchev–Trinajstić information content (AvgIpc) is 3.82. The number of anilines is 3. The van der Waals surface area contributed by atoms with Gasteiger partial charge in [0.2, 0.25) is 0 Å². The Labute approximate surface area is 301 Å². The Morgan fingerprint density at radius 2 is 1.08 bits per heavy atom. The lowest BCUT2D eigenvalue weighted by Crippen LogP contribution is -2.16. The molecule has 11 rings (SSSR count). The molecule has 0 saturated carbocycles. The summed E-state index contributed by atoms with van der Waals surface area (Å²) in [5.74, 6) is 0. The average molecular weight is 668 g/mol. The van der Waals surface area contributed by atoms with Crippen LogP contribution in [0.15, 0.2) is 173 Å². The molecule has 2 aromatic heterocycles. The fourth-order valence-electron chi connectivity index (χ4n) is 8.59. The summed E-state index contributed by atoms with van der Waals surface area (Å²) in [6, 6.07) is 58.8. The fraction of sp³-hybridized carbons (Fsp3) is 0.0612. The van der Waals surface area contributed by atoms with E-state index < -0.39 is 0 Å². The summed E-state index contributed by atoms with van der Waals surface area (Å²) in [6.45, 7) is 4.66. The Bertz CT molecular complexity index is 3050. The maximum Gasteiger partial charge on any atom is 0.159 e. The molecule has 0 radical (unpaired) electrons. The summed E-state index contributed by atoms with van der Waals surface area (Å²) < 4.78 is 13.0. The Hall–Kier alpha value is -6.58. The number of benzene rings is 8. The first-order chi connectivity index (χ1) is 25.5. The molecule has 3 heteroatoms. The molecule has 0 atom stereocenters. The van der Waals surface area contributed by atoms with Crippen molar-refractivity contribution in [2.75, 3.05) is 4.90 Å². The standard InChI is InChI=1S/C49H33NO2/c1-49(2)42-27-35(24-25-36(42)40-28-41-38-13-6-7-16-45(38)51-47(41)29-43(40)49)50(44-15-9-14-39-37-12-5-8-17-46(37)52-48(39)44)34-22-20-31(21-23-34)33-19-18-30-10-3-4-11-32(30)26-33/h3-29H,1-2H3. The summed E-state index contributed by atoms with van der Waals surface area (Å²) in [4.78, 5) is 2.35. The Morgan fingerprint density at radius 1 is 0.423 bits per heavy atom. The van der Waals surface area contributed by atoms with E-state index in [2.05, 4.69) is 170 Å². The minimum atomic E-state index is -0.231. The van der Waals surface area contributed by atoms with E-state index in [1.54, 1.807) is 0 Å². The molecular formula is C49H33NO2. The molecule has 0 unspecified atom stereocenters. The molecule has 1 aliphatic rings. The predicted molar refractivity (Wildman–Crippen MR) is 216 cm³/mol. The maximum absolute atomic E-state index is 6.64. The van der Waals surface area contributed by atoms with Crippen LogP contribution >= 0.6 is 0 Å². The first-order valence-electron chi connectivity index (χ1n) is 17.9. The summed E-state index contributed by atoms with van der Waals surface area (Å²) in [7, 11) is 0.